The molecule has 0 saturated heterocycles. The van der Waals surface area contributed by atoms with Crippen molar-refractivity contribution in [2.45, 2.75) is 30.4 Å². The van der Waals surface area contributed by atoms with E-state index in [9.17, 15) is 0 Å². The molecule has 0 spiro atoms. The van der Waals surface area contributed by atoms with Crippen molar-refractivity contribution in [3.05, 3.63) is 47.3 Å². The molecular formula is C14H17N3S. The van der Waals surface area contributed by atoms with Crippen molar-refractivity contribution in [3.8, 4) is 0 Å². The van der Waals surface area contributed by atoms with Gasteiger partial charge in [-0.25, -0.2) is 9.97 Å². The largest absolute Gasteiger partial charge is 0.316 e. The van der Waals surface area contributed by atoms with E-state index in [1.165, 1.54) is 16.0 Å². The molecule has 0 saturated carbocycles. The zero-order chi connectivity index (χ0) is 13.0. The van der Waals surface area contributed by atoms with E-state index in [0.29, 0.717) is 0 Å². The molecule has 1 aromatic heterocycles. The van der Waals surface area contributed by atoms with Crippen LogP contribution in [0.1, 0.15) is 16.7 Å². The summed E-state index contributed by atoms with van der Waals surface area (Å²) in [4.78, 5) is 9.83. The number of nitrogens with zero attached hydrogens (tertiary/aromatic N) is 2. The van der Waals surface area contributed by atoms with Crippen molar-refractivity contribution in [3.63, 3.8) is 0 Å². The summed E-state index contributed by atoms with van der Waals surface area (Å²) in [6.07, 6.45) is 3.69. The highest BCUT2D eigenvalue weighted by atomic mass is 32.2. The lowest BCUT2D eigenvalue weighted by molar-refractivity contribution is 0.815. The number of nitrogens with one attached hydrogen (secondary N) is 1. The Bertz CT molecular complexity index is 523. The second-order valence-electron chi connectivity index (χ2n) is 4.28. The van der Waals surface area contributed by atoms with Gasteiger partial charge >= 0.3 is 0 Å². The first-order chi connectivity index (χ1) is 8.69. The smallest absolute Gasteiger partial charge is 0.192 e. The fraction of sp³-hybridized carbons (Fsp3) is 0.286. The molecule has 4 heteroatoms. The molecule has 94 valence electrons. The fourth-order valence-electron chi connectivity index (χ4n) is 1.67. The first kappa shape index (κ1) is 13.1. The van der Waals surface area contributed by atoms with Gasteiger partial charge in [0.25, 0.3) is 0 Å². The van der Waals surface area contributed by atoms with Gasteiger partial charge in [0.05, 0.1) is 0 Å². The highest BCUT2D eigenvalue weighted by Gasteiger charge is 2.04. The normalized spacial score (nSPS) is 10.6. The van der Waals surface area contributed by atoms with Gasteiger partial charge in [-0.15, -0.1) is 0 Å². The van der Waals surface area contributed by atoms with E-state index in [-0.39, 0.29) is 0 Å². The third kappa shape index (κ3) is 3.31. The van der Waals surface area contributed by atoms with Crippen LogP contribution in [0.4, 0.5) is 0 Å². The molecule has 1 aromatic carbocycles. The molecule has 2 aromatic rings. The summed E-state index contributed by atoms with van der Waals surface area (Å²) in [5, 5.41) is 3.95. The summed E-state index contributed by atoms with van der Waals surface area (Å²) in [7, 11) is 1.96. The molecule has 3 nitrogen and oxygen atoms in total. The van der Waals surface area contributed by atoms with Crippen LogP contribution in [-0.2, 0) is 6.54 Å². The predicted molar refractivity (Wildman–Crippen MR) is 74.8 cm³/mol. The predicted octanol–water partition coefficient (Wildman–Crippen LogP) is 2.96. The Balaban J connectivity index is 2.16. The third-order valence-corrected chi connectivity index (χ3v) is 3.65. The molecule has 0 aliphatic rings. The highest BCUT2D eigenvalue weighted by Crippen LogP contribution is 2.28. The van der Waals surface area contributed by atoms with Crippen molar-refractivity contribution in [2.24, 2.45) is 0 Å². The van der Waals surface area contributed by atoms with Crippen molar-refractivity contribution in [1.82, 2.24) is 15.3 Å². The second kappa shape index (κ2) is 5.98. The maximum absolute atomic E-state index is 4.31. The minimum absolute atomic E-state index is 0.796. The number of hydrogen-bond acceptors (Lipinski definition) is 4. The molecule has 18 heavy (non-hydrogen) atoms. The Morgan fingerprint density at radius 1 is 1.17 bits per heavy atom. The van der Waals surface area contributed by atoms with Crippen LogP contribution in [0.25, 0.3) is 0 Å². The molecule has 1 heterocycles. The molecule has 0 atom stereocenters. The number of hydrogen-bond donors (Lipinski definition) is 1. The molecule has 0 fully saturated rings. The topological polar surface area (TPSA) is 37.8 Å². The molecule has 0 bridgehead atoms. The lowest BCUT2D eigenvalue weighted by atomic mass is 10.1. The van der Waals surface area contributed by atoms with Gasteiger partial charge in [-0.2, -0.15) is 0 Å². The second-order valence-corrected chi connectivity index (χ2v) is 5.28. The lowest BCUT2D eigenvalue weighted by Crippen LogP contribution is -2.05. The van der Waals surface area contributed by atoms with Gasteiger partial charge in [-0.3, -0.25) is 0 Å². The first-order valence-corrected chi connectivity index (χ1v) is 6.71. The van der Waals surface area contributed by atoms with E-state index >= 15 is 0 Å². The Kier molecular flexibility index (Phi) is 4.33. The monoisotopic (exact) mass is 259 g/mol. The van der Waals surface area contributed by atoms with Gasteiger partial charge in [-0.1, -0.05) is 12.1 Å². The van der Waals surface area contributed by atoms with Crippen LogP contribution >= 0.6 is 11.8 Å². The third-order valence-electron chi connectivity index (χ3n) is 2.58. The Labute approximate surface area is 112 Å². The fourth-order valence-corrected chi connectivity index (χ4v) is 2.44. The molecule has 0 amide bonds. The summed E-state index contributed by atoms with van der Waals surface area (Å²) in [6, 6.07) is 6.48. The Morgan fingerprint density at radius 3 is 2.50 bits per heavy atom. The van der Waals surface area contributed by atoms with Crippen molar-refractivity contribution >= 4 is 11.8 Å². The van der Waals surface area contributed by atoms with E-state index in [2.05, 4.69) is 40.4 Å². The summed E-state index contributed by atoms with van der Waals surface area (Å²) < 4.78 is 0. The quantitative estimate of drug-likeness (QED) is 0.857. The van der Waals surface area contributed by atoms with Crippen molar-refractivity contribution in [1.29, 1.82) is 0 Å². The Morgan fingerprint density at radius 2 is 1.89 bits per heavy atom. The standard InChI is InChI=1S/C14H17N3S/c1-10-7-16-14(17-8-10)18-13-5-4-12(9-15-3)6-11(13)2/h4-8,15H,9H2,1-3H3. The SMILES string of the molecule is CNCc1ccc(Sc2ncc(C)cn2)c(C)c1. The van der Waals surface area contributed by atoms with Crippen molar-refractivity contribution in [2.75, 3.05) is 7.05 Å². The van der Waals surface area contributed by atoms with Crippen LogP contribution in [0.15, 0.2) is 40.6 Å². The van der Waals surface area contributed by atoms with Crippen LogP contribution in [0, 0.1) is 13.8 Å². The maximum Gasteiger partial charge on any atom is 0.192 e. The zero-order valence-corrected chi connectivity index (χ0v) is 11.7. The van der Waals surface area contributed by atoms with Crippen LogP contribution in [0.5, 0.6) is 0 Å². The number of aryl methyl sites for hydroxylation is 2. The molecule has 1 N–H and O–H groups in total. The zero-order valence-electron chi connectivity index (χ0n) is 10.9. The molecular weight excluding hydrogens is 242 g/mol. The van der Waals surface area contributed by atoms with Gasteiger partial charge in [-0.05, 0) is 55.4 Å². The number of benzene rings is 1. The van der Waals surface area contributed by atoms with Crippen molar-refractivity contribution < 1.29 is 0 Å². The lowest BCUT2D eigenvalue weighted by Gasteiger charge is -2.07. The number of aromatic nitrogens is 2. The summed E-state index contributed by atoms with van der Waals surface area (Å²) >= 11 is 1.61. The van der Waals surface area contributed by atoms with Crippen LogP contribution in [-0.4, -0.2) is 17.0 Å². The van der Waals surface area contributed by atoms with Gasteiger partial charge < -0.3 is 5.32 Å². The number of rotatable bonds is 4. The average molecular weight is 259 g/mol. The highest BCUT2D eigenvalue weighted by molar-refractivity contribution is 7.99. The summed E-state index contributed by atoms with van der Waals surface area (Å²) in [6.45, 7) is 5.01. The van der Waals surface area contributed by atoms with Gasteiger partial charge in [0.2, 0.25) is 0 Å². The van der Waals surface area contributed by atoms with E-state index in [1.54, 1.807) is 11.8 Å². The molecule has 0 unspecified atom stereocenters. The Hall–Kier alpha value is -1.39. The van der Waals surface area contributed by atoms with Gasteiger partial charge in [0.1, 0.15) is 0 Å². The summed E-state index contributed by atoms with van der Waals surface area (Å²) in [5.41, 5.74) is 3.64. The van der Waals surface area contributed by atoms with E-state index in [1.807, 2.05) is 26.4 Å². The minimum atomic E-state index is 0.796. The van der Waals surface area contributed by atoms with Gasteiger partial charge in [0.15, 0.2) is 5.16 Å². The molecule has 2 rings (SSSR count). The van der Waals surface area contributed by atoms with E-state index in [0.717, 1.165) is 17.3 Å². The van der Waals surface area contributed by atoms with Crippen LogP contribution in [0.2, 0.25) is 0 Å². The maximum atomic E-state index is 4.31. The average Bonchev–Trinajstić information content (AvgIpc) is 2.36. The molecule has 0 radical (unpaired) electrons. The molecule has 0 aliphatic carbocycles. The van der Waals surface area contributed by atoms with Crippen LogP contribution in [0.3, 0.4) is 0 Å². The first-order valence-electron chi connectivity index (χ1n) is 5.89. The van der Waals surface area contributed by atoms with E-state index in [4.69, 9.17) is 0 Å². The van der Waals surface area contributed by atoms with Gasteiger partial charge in [0, 0.05) is 23.8 Å². The summed E-state index contributed by atoms with van der Waals surface area (Å²) in [5.74, 6) is 0. The molecule has 0 aliphatic heterocycles. The van der Waals surface area contributed by atoms with E-state index < -0.39 is 0 Å². The minimum Gasteiger partial charge on any atom is -0.316 e. The van der Waals surface area contributed by atoms with Crippen LogP contribution < -0.4 is 5.32 Å².